The number of carbonyl (C=O) groups excluding carboxylic acids is 3. The fraction of sp³-hybridized carbons (Fsp3) is 0.152. The fourth-order valence-corrected chi connectivity index (χ4v) is 5.58. The van der Waals surface area contributed by atoms with Crippen molar-refractivity contribution in [1.29, 1.82) is 10.7 Å². The van der Waals surface area contributed by atoms with Crippen LogP contribution in [0.15, 0.2) is 102 Å². The van der Waals surface area contributed by atoms with E-state index in [0.29, 0.717) is 10.2 Å². The van der Waals surface area contributed by atoms with Crippen LogP contribution in [0.4, 0.5) is 0 Å². The molecule has 2 N–H and O–H groups in total. The van der Waals surface area contributed by atoms with Gasteiger partial charge in [0.2, 0.25) is 0 Å². The molecule has 0 bridgehead atoms. The Hall–Kier alpha value is -5.58. The molecule has 0 spiro atoms. The zero-order valence-corrected chi connectivity index (χ0v) is 25.4. The second-order valence-electron chi connectivity index (χ2n) is 10.2. The van der Waals surface area contributed by atoms with Crippen molar-refractivity contribution in [3.8, 4) is 6.07 Å². The average molecular weight is 682 g/mol. The summed E-state index contributed by atoms with van der Waals surface area (Å²) >= 11 is 3.32. The second kappa shape index (κ2) is 13.2. The number of hydrogen-bond acceptors (Lipinski definition) is 10. The van der Waals surface area contributed by atoms with Crippen LogP contribution in [0.1, 0.15) is 42.9 Å². The van der Waals surface area contributed by atoms with E-state index in [1.807, 2.05) is 6.07 Å². The second-order valence-corrected chi connectivity index (χ2v) is 10.9. The lowest BCUT2D eigenvalue weighted by Gasteiger charge is -2.25. The van der Waals surface area contributed by atoms with Crippen LogP contribution < -0.4 is 5.49 Å². The number of ether oxygens (including phenoxy) is 4. The molecule has 0 amide bonds. The van der Waals surface area contributed by atoms with E-state index in [4.69, 9.17) is 24.4 Å². The maximum atomic E-state index is 13.4. The number of carbonyl (C=O) groups is 3. The summed E-state index contributed by atoms with van der Waals surface area (Å²) in [7, 11) is 0. The van der Waals surface area contributed by atoms with E-state index in [1.54, 1.807) is 91.0 Å². The summed E-state index contributed by atoms with van der Waals surface area (Å²) in [5, 5.41) is 18.3. The van der Waals surface area contributed by atoms with Gasteiger partial charge in [0.1, 0.15) is 35.4 Å². The Labute approximate surface area is 269 Å². The summed E-state index contributed by atoms with van der Waals surface area (Å²) in [5.41, 5.74) is 0.982. The van der Waals surface area contributed by atoms with Gasteiger partial charge < -0.3 is 23.9 Å². The van der Waals surface area contributed by atoms with E-state index in [1.165, 1.54) is 10.9 Å². The molecule has 1 aliphatic heterocycles. The van der Waals surface area contributed by atoms with Crippen LogP contribution in [-0.2, 0) is 18.9 Å². The third-order valence-electron chi connectivity index (χ3n) is 7.31. The number of esters is 3. The normalized spacial score (nSPS) is 18.9. The topological polar surface area (TPSA) is 169 Å². The van der Waals surface area contributed by atoms with Gasteiger partial charge >= 0.3 is 17.9 Å². The first kappa shape index (κ1) is 30.4. The van der Waals surface area contributed by atoms with Gasteiger partial charge in [-0.25, -0.2) is 19.4 Å². The Morgan fingerprint density at radius 1 is 0.870 bits per heavy atom. The third-order valence-corrected chi connectivity index (χ3v) is 7.90. The van der Waals surface area contributed by atoms with E-state index in [2.05, 4.69) is 25.9 Å². The molecular formula is C33H24BrN5O7. The fourth-order valence-electron chi connectivity index (χ4n) is 5.10. The molecule has 230 valence electrons. The van der Waals surface area contributed by atoms with Crippen LogP contribution in [0, 0.1) is 16.7 Å². The SMILES string of the molecule is N#Cc1c(Br)[nH]c2c1c(=N)ncn2[C@H]1O[C@@H](COC(=O)c2ccccc2)[C@@H](OC(=O)c2ccccc2)[C@@H]1OC(=O)c1ccccc1. The van der Waals surface area contributed by atoms with E-state index in [0.717, 1.165) is 0 Å². The number of benzene rings is 3. The molecule has 1 fully saturated rings. The molecule has 0 radical (unpaired) electrons. The van der Waals surface area contributed by atoms with Crippen LogP contribution in [0.25, 0.3) is 11.0 Å². The molecular weight excluding hydrogens is 658 g/mol. The minimum atomic E-state index is -1.31. The predicted molar refractivity (Wildman–Crippen MR) is 164 cm³/mol. The highest BCUT2D eigenvalue weighted by molar-refractivity contribution is 9.10. The number of nitriles is 1. The molecule has 2 aromatic heterocycles. The van der Waals surface area contributed by atoms with Crippen LogP contribution in [-0.4, -0.2) is 57.4 Å². The first-order chi connectivity index (χ1) is 22.4. The number of nitrogens with zero attached hydrogens (tertiary/aromatic N) is 3. The quantitative estimate of drug-likeness (QED) is 0.174. The summed E-state index contributed by atoms with van der Waals surface area (Å²) in [5.74, 6) is -2.09. The van der Waals surface area contributed by atoms with Crippen LogP contribution >= 0.6 is 15.9 Å². The minimum Gasteiger partial charge on any atom is -0.459 e. The van der Waals surface area contributed by atoms with Gasteiger partial charge in [0.05, 0.1) is 27.6 Å². The predicted octanol–water partition coefficient (Wildman–Crippen LogP) is 4.68. The monoisotopic (exact) mass is 681 g/mol. The van der Waals surface area contributed by atoms with Crippen molar-refractivity contribution in [1.82, 2.24) is 14.5 Å². The van der Waals surface area contributed by atoms with Crippen molar-refractivity contribution >= 4 is 44.9 Å². The molecule has 6 rings (SSSR count). The zero-order valence-electron chi connectivity index (χ0n) is 23.8. The summed E-state index contributed by atoms with van der Waals surface area (Å²) in [6.45, 7) is -0.373. The molecule has 13 heteroatoms. The molecule has 0 aliphatic carbocycles. The molecule has 0 saturated carbocycles. The smallest absolute Gasteiger partial charge is 0.338 e. The molecule has 4 atom stereocenters. The summed E-state index contributed by atoms with van der Waals surface area (Å²) in [6, 6.07) is 26.8. The van der Waals surface area contributed by atoms with Gasteiger partial charge in [-0.2, -0.15) is 5.26 Å². The molecule has 12 nitrogen and oxygen atoms in total. The number of aromatic amines is 1. The van der Waals surface area contributed by atoms with Crippen molar-refractivity contribution in [2.24, 2.45) is 0 Å². The number of hydrogen-bond donors (Lipinski definition) is 2. The third kappa shape index (κ3) is 6.03. The number of nitrogens with one attached hydrogen (secondary N) is 2. The highest BCUT2D eigenvalue weighted by Crippen LogP contribution is 2.37. The largest absolute Gasteiger partial charge is 0.459 e. The van der Waals surface area contributed by atoms with Gasteiger partial charge in [-0.3, -0.25) is 9.98 Å². The first-order valence-corrected chi connectivity index (χ1v) is 14.8. The van der Waals surface area contributed by atoms with Gasteiger partial charge in [-0.05, 0) is 52.3 Å². The standard InChI is InChI=1S/C33H24BrN5O7/c34-27-22(16-35)24-28(36)37-18-39(29(24)38-27)30-26(46-33(42)21-14-8-3-9-15-21)25(45-32(41)20-12-6-2-7-13-20)23(44-30)17-43-31(40)19-10-4-1-5-11-19/h1-15,18,23,25-26,30,36,38H,17H2/t23-,25+,26-,30-/m0/s1. The Kier molecular flexibility index (Phi) is 8.73. The molecule has 3 aromatic carbocycles. The van der Waals surface area contributed by atoms with Gasteiger partial charge in [0.25, 0.3) is 0 Å². The number of H-pyrrole nitrogens is 1. The van der Waals surface area contributed by atoms with E-state index in [9.17, 15) is 19.6 Å². The van der Waals surface area contributed by atoms with Crippen molar-refractivity contribution in [2.45, 2.75) is 24.5 Å². The zero-order chi connectivity index (χ0) is 32.2. The number of fused-ring (bicyclic) bond motifs is 1. The molecule has 1 aliphatic rings. The van der Waals surface area contributed by atoms with Gasteiger partial charge in [-0.1, -0.05) is 54.6 Å². The Balaban J connectivity index is 1.43. The Bertz CT molecular complexity index is 2010. The highest BCUT2D eigenvalue weighted by Gasteiger charge is 2.51. The van der Waals surface area contributed by atoms with Crippen LogP contribution in [0.5, 0.6) is 0 Å². The maximum Gasteiger partial charge on any atom is 0.338 e. The minimum absolute atomic E-state index is 0.137. The highest BCUT2D eigenvalue weighted by atomic mass is 79.9. The Morgan fingerprint density at radius 3 is 1.93 bits per heavy atom. The molecule has 5 aromatic rings. The molecule has 46 heavy (non-hydrogen) atoms. The molecule has 0 unspecified atom stereocenters. The van der Waals surface area contributed by atoms with Gasteiger partial charge in [0.15, 0.2) is 23.9 Å². The number of rotatable bonds is 8. The lowest BCUT2D eigenvalue weighted by molar-refractivity contribution is -0.0610. The van der Waals surface area contributed by atoms with E-state index in [-0.39, 0.29) is 39.8 Å². The lowest BCUT2D eigenvalue weighted by Crippen LogP contribution is -2.41. The Morgan fingerprint density at radius 2 is 1.39 bits per heavy atom. The summed E-state index contributed by atoms with van der Waals surface area (Å²) in [4.78, 5) is 46.9. The van der Waals surface area contributed by atoms with Crippen LogP contribution in [0.3, 0.4) is 0 Å². The summed E-state index contributed by atoms with van der Waals surface area (Å²) < 4.78 is 25.7. The molecule has 3 heterocycles. The van der Waals surface area contributed by atoms with Gasteiger partial charge in [-0.15, -0.1) is 0 Å². The van der Waals surface area contributed by atoms with E-state index >= 15 is 0 Å². The van der Waals surface area contributed by atoms with Crippen LogP contribution in [0.2, 0.25) is 0 Å². The number of aromatic nitrogens is 3. The van der Waals surface area contributed by atoms with Gasteiger partial charge in [0, 0.05) is 0 Å². The summed E-state index contributed by atoms with van der Waals surface area (Å²) in [6.07, 6.45) is -3.63. The molecule has 1 saturated heterocycles. The van der Waals surface area contributed by atoms with Crippen molar-refractivity contribution in [3.63, 3.8) is 0 Å². The van der Waals surface area contributed by atoms with E-state index < -0.39 is 42.4 Å². The van der Waals surface area contributed by atoms with Crippen molar-refractivity contribution in [2.75, 3.05) is 6.61 Å². The number of halogens is 1. The van der Waals surface area contributed by atoms with Crippen molar-refractivity contribution in [3.05, 3.63) is 130 Å². The van der Waals surface area contributed by atoms with Crippen molar-refractivity contribution < 1.29 is 33.3 Å². The first-order valence-electron chi connectivity index (χ1n) is 14.0. The average Bonchev–Trinajstić information content (AvgIpc) is 3.61. The lowest BCUT2D eigenvalue weighted by atomic mass is 10.1. The maximum absolute atomic E-state index is 13.4.